The van der Waals surface area contributed by atoms with Crippen LogP contribution >= 0.6 is 0 Å². The van der Waals surface area contributed by atoms with Gasteiger partial charge in [-0.1, -0.05) is 0 Å². The van der Waals surface area contributed by atoms with Gasteiger partial charge in [-0.25, -0.2) is 4.39 Å². The molecule has 1 aromatic carbocycles. The Kier molecular flexibility index (Phi) is 4.20. The van der Waals surface area contributed by atoms with E-state index in [-0.39, 0.29) is 16.9 Å². The van der Waals surface area contributed by atoms with Gasteiger partial charge in [0.2, 0.25) is 0 Å². The number of aryl methyl sites for hydroxylation is 2. The van der Waals surface area contributed by atoms with E-state index in [1.165, 1.54) is 12.1 Å². The second kappa shape index (κ2) is 6.31. The number of amides is 1. The monoisotopic (exact) mass is 327 g/mol. The minimum Gasteiger partial charge on any atom is -0.361 e. The molecule has 3 rings (SSSR count). The topological polar surface area (TPSA) is 77.8 Å². The van der Waals surface area contributed by atoms with Gasteiger partial charge in [-0.05, 0) is 55.7 Å². The van der Waals surface area contributed by atoms with Crippen LogP contribution in [0.3, 0.4) is 0 Å². The Morgan fingerprint density at radius 1 is 1.25 bits per heavy atom. The molecule has 2 heterocycles. The van der Waals surface area contributed by atoms with E-state index in [1.54, 1.807) is 32.2 Å². The van der Waals surface area contributed by atoms with Crippen LogP contribution in [0.5, 0.6) is 0 Å². The van der Waals surface area contributed by atoms with E-state index in [2.05, 4.69) is 15.3 Å². The Labute approximate surface area is 137 Å². The molecule has 0 aliphatic rings. The molecular weight excluding hydrogens is 309 g/mol. The average Bonchev–Trinajstić information content (AvgIpc) is 2.88. The number of rotatable bonds is 4. The van der Waals surface area contributed by atoms with Crippen molar-refractivity contribution in [1.82, 2.24) is 15.3 Å². The van der Waals surface area contributed by atoms with Gasteiger partial charge in [0.25, 0.3) is 11.5 Å². The molecule has 124 valence electrons. The second-order valence-corrected chi connectivity index (χ2v) is 5.85. The van der Waals surface area contributed by atoms with Crippen LogP contribution in [0.2, 0.25) is 0 Å². The summed E-state index contributed by atoms with van der Waals surface area (Å²) in [5.41, 5.74) is 2.87. The van der Waals surface area contributed by atoms with Gasteiger partial charge in [-0.2, -0.15) is 0 Å². The van der Waals surface area contributed by atoms with E-state index in [4.69, 9.17) is 0 Å². The molecule has 0 saturated carbocycles. The Morgan fingerprint density at radius 2 is 2.04 bits per heavy atom. The number of aromatic nitrogens is 2. The summed E-state index contributed by atoms with van der Waals surface area (Å²) in [6.07, 6.45) is 2.35. The summed E-state index contributed by atoms with van der Waals surface area (Å²) < 4.78 is 13.4. The van der Waals surface area contributed by atoms with Crippen LogP contribution in [-0.4, -0.2) is 22.4 Å². The number of pyridine rings is 1. The number of benzene rings is 1. The van der Waals surface area contributed by atoms with Gasteiger partial charge in [0.15, 0.2) is 0 Å². The van der Waals surface area contributed by atoms with Crippen molar-refractivity contribution in [3.05, 3.63) is 69.0 Å². The molecule has 1 amide bonds. The van der Waals surface area contributed by atoms with Gasteiger partial charge < -0.3 is 15.3 Å². The van der Waals surface area contributed by atoms with Crippen molar-refractivity contribution in [2.24, 2.45) is 0 Å². The van der Waals surface area contributed by atoms with Crippen LogP contribution in [-0.2, 0) is 6.42 Å². The minimum absolute atomic E-state index is 0.130. The molecule has 0 unspecified atom stereocenters. The first kappa shape index (κ1) is 16.0. The van der Waals surface area contributed by atoms with E-state index in [0.717, 1.165) is 22.2 Å². The maximum atomic E-state index is 13.4. The molecule has 0 spiro atoms. The zero-order chi connectivity index (χ0) is 17.3. The van der Waals surface area contributed by atoms with Crippen LogP contribution in [0.25, 0.3) is 10.9 Å². The quantitative estimate of drug-likeness (QED) is 0.689. The van der Waals surface area contributed by atoms with Gasteiger partial charge in [-0.3, -0.25) is 9.59 Å². The molecule has 0 atom stereocenters. The number of halogens is 1. The second-order valence-electron chi connectivity index (χ2n) is 5.85. The highest BCUT2D eigenvalue weighted by Crippen LogP contribution is 2.19. The average molecular weight is 327 g/mol. The summed E-state index contributed by atoms with van der Waals surface area (Å²) in [7, 11) is 0. The smallest absolute Gasteiger partial charge is 0.261 e. The van der Waals surface area contributed by atoms with E-state index in [9.17, 15) is 14.0 Å². The highest BCUT2D eigenvalue weighted by Gasteiger charge is 2.14. The Bertz CT molecular complexity index is 972. The fourth-order valence-corrected chi connectivity index (χ4v) is 2.89. The largest absolute Gasteiger partial charge is 0.361 e. The molecule has 0 aliphatic heterocycles. The molecule has 0 aliphatic carbocycles. The fourth-order valence-electron chi connectivity index (χ4n) is 2.89. The Morgan fingerprint density at radius 3 is 2.79 bits per heavy atom. The molecule has 6 heteroatoms. The van der Waals surface area contributed by atoms with Crippen molar-refractivity contribution in [2.75, 3.05) is 6.54 Å². The minimum atomic E-state index is -0.403. The number of hydrogen-bond donors (Lipinski definition) is 3. The highest BCUT2D eigenvalue weighted by molar-refractivity contribution is 5.95. The number of H-pyrrole nitrogens is 2. The van der Waals surface area contributed by atoms with Gasteiger partial charge in [0.1, 0.15) is 11.4 Å². The number of carbonyl (C=O) groups excluding carboxylic acids is 1. The lowest BCUT2D eigenvalue weighted by Crippen LogP contribution is -2.32. The molecule has 0 saturated heterocycles. The van der Waals surface area contributed by atoms with Crippen LogP contribution in [0.15, 0.2) is 35.3 Å². The first-order valence-corrected chi connectivity index (χ1v) is 7.70. The third-order valence-electron chi connectivity index (χ3n) is 4.00. The standard InChI is InChI=1S/C18H18FN3O2/c1-10-7-11(2)22-18(24)16(10)17(23)20-6-5-12-9-21-15-4-3-13(19)8-14(12)15/h3-4,7-9,21H,5-6H2,1-2H3,(H,20,23)(H,22,24). The summed E-state index contributed by atoms with van der Waals surface area (Å²) in [5, 5.41) is 3.55. The molecule has 5 nitrogen and oxygen atoms in total. The zero-order valence-corrected chi connectivity index (χ0v) is 13.5. The summed E-state index contributed by atoms with van der Waals surface area (Å²) in [6, 6.07) is 6.31. The van der Waals surface area contributed by atoms with E-state index >= 15 is 0 Å². The van der Waals surface area contributed by atoms with E-state index < -0.39 is 5.91 Å². The van der Waals surface area contributed by atoms with Gasteiger partial charge in [0, 0.05) is 29.3 Å². The molecule has 3 aromatic rings. The Balaban J connectivity index is 1.71. The van der Waals surface area contributed by atoms with Crippen molar-refractivity contribution in [3.8, 4) is 0 Å². The molecular formula is C18H18FN3O2. The predicted molar refractivity (Wildman–Crippen MR) is 90.8 cm³/mol. The lowest BCUT2D eigenvalue weighted by atomic mass is 10.1. The summed E-state index contributed by atoms with van der Waals surface area (Å²) in [5.74, 6) is -0.700. The van der Waals surface area contributed by atoms with Crippen molar-refractivity contribution < 1.29 is 9.18 Å². The van der Waals surface area contributed by atoms with E-state index in [1.807, 2.05) is 0 Å². The van der Waals surface area contributed by atoms with Crippen LogP contribution in [0, 0.1) is 19.7 Å². The molecule has 3 N–H and O–H groups in total. The lowest BCUT2D eigenvalue weighted by molar-refractivity contribution is 0.0952. The third kappa shape index (κ3) is 3.08. The lowest BCUT2D eigenvalue weighted by Gasteiger charge is -2.07. The highest BCUT2D eigenvalue weighted by atomic mass is 19.1. The van der Waals surface area contributed by atoms with Crippen LogP contribution < -0.4 is 10.9 Å². The number of hydrogen-bond acceptors (Lipinski definition) is 2. The molecule has 24 heavy (non-hydrogen) atoms. The summed E-state index contributed by atoms with van der Waals surface area (Å²) in [4.78, 5) is 29.9. The van der Waals surface area contributed by atoms with Crippen molar-refractivity contribution >= 4 is 16.8 Å². The van der Waals surface area contributed by atoms with Crippen molar-refractivity contribution in [3.63, 3.8) is 0 Å². The van der Waals surface area contributed by atoms with Gasteiger partial charge in [-0.15, -0.1) is 0 Å². The maximum Gasteiger partial charge on any atom is 0.261 e. The SMILES string of the molecule is Cc1cc(C)c(C(=O)NCCc2c[nH]c3ccc(F)cc23)c(=O)[nH]1. The zero-order valence-electron chi connectivity index (χ0n) is 13.5. The first-order chi connectivity index (χ1) is 11.5. The molecule has 2 aromatic heterocycles. The number of nitrogens with one attached hydrogen (secondary N) is 3. The van der Waals surface area contributed by atoms with Crippen LogP contribution in [0.4, 0.5) is 4.39 Å². The molecule has 0 bridgehead atoms. The maximum absolute atomic E-state index is 13.4. The van der Waals surface area contributed by atoms with Gasteiger partial charge in [0.05, 0.1) is 0 Å². The fraction of sp³-hybridized carbons (Fsp3) is 0.222. The van der Waals surface area contributed by atoms with Gasteiger partial charge >= 0.3 is 0 Å². The van der Waals surface area contributed by atoms with Crippen molar-refractivity contribution in [2.45, 2.75) is 20.3 Å². The van der Waals surface area contributed by atoms with Crippen LogP contribution in [0.1, 0.15) is 27.2 Å². The normalized spacial score (nSPS) is 11.0. The molecule has 0 radical (unpaired) electrons. The third-order valence-corrected chi connectivity index (χ3v) is 4.00. The first-order valence-electron chi connectivity index (χ1n) is 7.70. The van der Waals surface area contributed by atoms with E-state index in [0.29, 0.717) is 18.5 Å². The molecule has 0 fully saturated rings. The summed E-state index contributed by atoms with van der Waals surface area (Å²) in [6.45, 7) is 3.86. The predicted octanol–water partition coefficient (Wildman–Crippen LogP) is 2.58. The number of aromatic amines is 2. The number of carbonyl (C=O) groups is 1. The Hall–Kier alpha value is -2.89. The summed E-state index contributed by atoms with van der Waals surface area (Å²) >= 11 is 0. The van der Waals surface area contributed by atoms with Crippen molar-refractivity contribution in [1.29, 1.82) is 0 Å². The number of fused-ring (bicyclic) bond motifs is 1.